The summed E-state index contributed by atoms with van der Waals surface area (Å²) in [4.78, 5) is 2.55. The molecule has 2 aliphatic rings. The van der Waals surface area contributed by atoms with E-state index in [1.165, 1.54) is 19.4 Å². The molecule has 2 fully saturated rings. The summed E-state index contributed by atoms with van der Waals surface area (Å²) in [7, 11) is 1.91. The molecule has 1 aromatic rings. The molecule has 2 unspecified atom stereocenters. The van der Waals surface area contributed by atoms with Crippen molar-refractivity contribution in [1.29, 1.82) is 0 Å². The highest BCUT2D eigenvalue weighted by atomic mass is 16.5. The van der Waals surface area contributed by atoms with E-state index >= 15 is 0 Å². The number of nitrogens with zero attached hydrogens (tertiary/aromatic N) is 3. The van der Waals surface area contributed by atoms with Gasteiger partial charge in [0.15, 0.2) is 0 Å². The number of anilines is 2. The van der Waals surface area contributed by atoms with Crippen molar-refractivity contribution in [2.24, 2.45) is 7.05 Å². The van der Waals surface area contributed by atoms with E-state index in [4.69, 9.17) is 10.5 Å². The van der Waals surface area contributed by atoms with E-state index in [1.807, 2.05) is 14.0 Å². The zero-order chi connectivity index (χ0) is 13.4. The molecule has 3 rings (SSSR count). The number of fused-ring (bicyclic) bond motifs is 1. The Morgan fingerprint density at radius 1 is 1.53 bits per heavy atom. The van der Waals surface area contributed by atoms with Gasteiger partial charge in [-0.15, -0.1) is 0 Å². The lowest BCUT2D eigenvalue weighted by atomic mass is 10.2. The van der Waals surface area contributed by atoms with Gasteiger partial charge in [-0.3, -0.25) is 9.58 Å². The smallest absolute Gasteiger partial charge is 0.147 e. The Hall–Kier alpha value is -1.27. The maximum Gasteiger partial charge on any atom is 0.147 e. The van der Waals surface area contributed by atoms with Crippen molar-refractivity contribution in [1.82, 2.24) is 14.7 Å². The van der Waals surface area contributed by atoms with E-state index < -0.39 is 0 Å². The molecule has 19 heavy (non-hydrogen) atoms. The fourth-order valence-corrected chi connectivity index (χ4v) is 3.10. The van der Waals surface area contributed by atoms with Gasteiger partial charge in [-0.25, -0.2) is 0 Å². The van der Waals surface area contributed by atoms with E-state index in [1.54, 1.807) is 4.68 Å². The van der Waals surface area contributed by atoms with Gasteiger partial charge >= 0.3 is 0 Å². The molecule has 2 saturated heterocycles. The first-order chi connectivity index (χ1) is 9.15. The molecule has 0 spiro atoms. The molecule has 2 atom stereocenters. The highest BCUT2D eigenvalue weighted by molar-refractivity contribution is 5.64. The Bertz CT molecular complexity index is 458. The van der Waals surface area contributed by atoms with Crippen LogP contribution in [0.15, 0.2) is 0 Å². The van der Waals surface area contributed by atoms with E-state index in [0.717, 1.165) is 36.9 Å². The van der Waals surface area contributed by atoms with Gasteiger partial charge in [0.1, 0.15) is 5.82 Å². The molecule has 0 bridgehead atoms. The first-order valence-corrected chi connectivity index (χ1v) is 7.03. The average molecular weight is 265 g/mol. The first-order valence-electron chi connectivity index (χ1n) is 7.03. The lowest BCUT2D eigenvalue weighted by molar-refractivity contribution is -0.0416. The topological polar surface area (TPSA) is 68.3 Å². The molecule has 6 nitrogen and oxygen atoms in total. The summed E-state index contributed by atoms with van der Waals surface area (Å²) in [6, 6.07) is 0.653. The van der Waals surface area contributed by atoms with Crippen molar-refractivity contribution < 1.29 is 4.74 Å². The van der Waals surface area contributed by atoms with Gasteiger partial charge in [0.05, 0.1) is 24.1 Å². The van der Waals surface area contributed by atoms with Crippen LogP contribution in [0.1, 0.15) is 18.5 Å². The van der Waals surface area contributed by atoms with Gasteiger partial charge in [0.2, 0.25) is 0 Å². The number of ether oxygens (including phenoxy) is 1. The molecule has 3 N–H and O–H groups in total. The fourth-order valence-electron chi connectivity index (χ4n) is 3.10. The van der Waals surface area contributed by atoms with Gasteiger partial charge in [-0.2, -0.15) is 5.10 Å². The molecule has 3 heterocycles. The van der Waals surface area contributed by atoms with Crippen LogP contribution in [0.4, 0.5) is 11.5 Å². The monoisotopic (exact) mass is 265 g/mol. The minimum atomic E-state index is 0.240. The van der Waals surface area contributed by atoms with Gasteiger partial charge < -0.3 is 15.8 Å². The minimum absolute atomic E-state index is 0.240. The number of hydrogen-bond donors (Lipinski definition) is 2. The highest BCUT2D eigenvalue weighted by Crippen LogP contribution is 2.24. The number of rotatable bonds is 3. The largest absolute Gasteiger partial charge is 0.394 e. The maximum atomic E-state index is 6.01. The van der Waals surface area contributed by atoms with Gasteiger partial charge in [-0.05, 0) is 26.3 Å². The molecule has 106 valence electrons. The third kappa shape index (κ3) is 2.42. The maximum absolute atomic E-state index is 6.01. The second-order valence-electron chi connectivity index (χ2n) is 5.60. The van der Waals surface area contributed by atoms with Gasteiger partial charge in [0, 0.05) is 26.2 Å². The predicted molar refractivity (Wildman–Crippen MR) is 75.2 cm³/mol. The van der Waals surface area contributed by atoms with Gasteiger partial charge in [0.25, 0.3) is 0 Å². The van der Waals surface area contributed by atoms with Crippen LogP contribution in [0.5, 0.6) is 0 Å². The number of nitrogens with one attached hydrogen (secondary N) is 1. The van der Waals surface area contributed by atoms with Crippen LogP contribution in [0, 0.1) is 6.92 Å². The molecule has 1 aromatic heterocycles. The average Bonchev–Trinajstić information content (AvgIpc) is 2.94. The molecule has 0 radical (unpaired) electrons. The predicted octanol–water partition coefficient (Wildman–Crippen LogP) is 0.586. The molecule has 0 aliphatic carbocycles. The minimum Gasteiger partial charge on any atom is -0.394 e. The molecule has 2 aliphatic heterocycles. The Morgan fingerprint density at radius 3 is 3.11 bits per heavy atom. The zero-order valence-corrected chi connectivity index (χ0v) is 11.7. The summed E-state index contributed by atoms with van der Waals surface area (Å²) in [6.45, 7) is 5.82. The Balaban J connectivity index is 1.57. The standard InChI is InChI=1S/C13H23N5O/c1-9-12(14)13(17(2)16-9)15-6-11-7-18-5-3-4-10(18)8-19-11/h10-11,15H,3-8,14H2,1-2H3. The van der Waals surface area contributed by atoms with Crippen LogP contribution in [-0.2, 0) is 11.8 Å². The third-order valence-corrected chi connectivity index (χ3v) is 4.23. The van der Waals surface area contributed by atoms with Crippen molar-refractivity contribution >= 4 is 11.5 Å². The van der Waals surface area contributed by atoms with Crippen molar-refractivity contribution in [2.45, 2.75) is 31.9 Å². The summed E-state index contributed by atoms with van der Waals surface area (Å²) in [5, 5.41) is 7.68. The van der Waals surface area contributed by atoms with Crippen LogP contribution >= 0.6 is 0 Å². The van der Waals surface area contributed by atoms with Crippen LogP contribution in [0.25, 0.3) is 0 Å². The summed E-state index contributed by atoms with van der Waals surface area (Å²) in [5.41, 5.74) is 7.61. The summed E-state index contributed by atoms with van der Waals surface area (Å²) in [5.74, 6) is 0.893. The van der Waals surface area contributed by atoms with E-state index in [0.29, 0.717) is 6.04 Å². The molecular weight excluding hydrogens is 242 g/mol. The van der Waals surface area contributed by atoms with Gasteiger partial charge in [-0.1, -0.05) is 0 Å². The van der Waals surface area contributed by atoms with Crippen LogP contribution < -0.4 is 11.1 Å². The normalized spacial score (nSPS) is 27.5. The summed E-state index contributed by atoms with van der Waals surface area (Å²) >= 11 is 0. The first kappa shape index (κ1) is 12.7. The Kier molecular flexibility index (Phi) is 3.36. The number of nitrogens with two attached hydrogens (primary N) is 1. The van der Waals surface area contributed by atoms with Crippen LogP contribution in [-0.4, -0.2) is 53.1 Å². The summed E-state index contributed by atoms with van der Waals surface area (Å²) in [6.07, 6.45) is 2.83. The molecule has 0 amide bonds. The number of aromatic nitrogens is 2. The number of morpholine rings is 1. The lowest BCUT2D eigenvalue weighted by Crippen LogP contribution is -2.48. The van der Waals surface area contributed by atoms with Crippen molar-refractivity contribution in [3.63, 3.8) is 0 Å². The third-order valence-electron chi connectivity index (χ3n) is 4.23. The van der Waals surface area contributed by atoms with Crippen molar-refractivity contribution in [2.75, 3.05) is 37.3 Å². The molecule has 0 aromatic carbocycles. The van der Waals surface area contributed by atoms with E-state index in [2.05, 4.69) is 15.3 Å². The molecular formula is C13H23N5O. The fraction of sp³-hybridized carbons (Fsp3) is 0.769. The lowest BCUT2D eigenvalue weighted by Gasteiger charge is -2.35. The summed E-state index contributed by atoms with van der Waals surface area (Å²) < 4.78 is 7.72. The van der Waals surface area contributed by atoms with Crippen LogP contribution in [0.2, 0.25) is 0 Å². The van der Waals surface area contributed by atoms with Crippen molar-refractivity contribution in [3.8, 4) is 0 Å². The number of nitrogen functional groups attached to an aromatic ring is 1. The van der Waals surface area contributed by atoms with E-state index in [9.17, 15) is 0 Å². The second kappa shape index (κ2) is 5.02. The number of hydrogen-bond acceptors (Lipinski definition) is 5. The SMILES string of the molecule is Cc1nn(C)c(NCC2CN3CCCC3CO2)c1N. The van der Waals surface area contributed by atoms with Crippen LogP contribution in [0.3, 0.4) is 0 Å². The highest BCUT2D eigenvalue weighted by Gasteiger charge is 2.32. The molecule has 0 saturated carbocycles. The number of aryl methyl sites for hydroxylation is 2. The van der Waals surface area contributed by atoms with E-state index in [-0.39, 0.29) is 6.10 Å². The Labute approximate surface area is 113 Å². The second-order valence-corrected chi connectivity index (χ2v) is 5.60. The zero-order valence-electron chi connectivity index (χ0n) is 11.7. The van der Waals surface area contributed by atoms with Crippen molar-refractivity contribution in [3.05, 3.63) is 5.69 Å². The molecule has 6 heteroatoms. The Morgan fingerprint density at radius 2 is 2.37 bits per heavy atom. The quantitative estimate of drug-likeness (QED) is 0.837.